The van der Waals surface area contributed by atoms with Crippen molar-refractivity contribution in [1.82, 2.24) is 0 Å². The number of hydrogen-bond donors (Lipinski definition) is 0. The summed E-state index contributed by atoms with van der Waals surface area (Å²) in [7, 11) is 7.34. The van der Waals surface area contributed by atoms with Crippen molar-refractivity contribution in [2.24, 2.45) is 0 Å². The van der Waals surface area contributed by atoms with E-state index in [2.05, 4.69) is 83.8 Å². The summed E-state index contributed by atoms with van der Waals surface area (Å²) >= 11 is 0. The average molecular weight is 215 g/mol. The molecule has 0 unspecified atom stereocenters. The van der Waals surface area contributed by atoms with Gasteiger partial charge in [0.2, 0.25) is 0 Å². The maximum Gasteiger partial charge on any atom is 0.0636 e. The van der Waals surface area contributed by atoms with Gasteiger partial charge in [0.15, 0.2) is 0 Å². The number of rotatable bonds is 3. The highest BCUT2D eigenvalue weighted by atomic mass is 14.0. The molecular weight excluding hydrogens is 187 g/mol. The van der Waals surface area contributed by atoms with Crippen molar-refractivity contribution in [3.05, 3.63) is 0 Å². The standard InChI is InChI=1S/C12H27B4/c1-10(2,3)13-16(14-11(4,5)6)15-12(7,8)9/h1-9H3. The lowest BCUT2D eigenvalue weighted by Crippen LogP contribution is -2.47. The molecular formula is C12H27B4. The molecule has 0 N–H and O–H groups in total. The van der Waals surface area contributed by atoms with Gasteiger partial charge in [-0.3, -0.25) is 0 Å². The molecule has 87 valence electrons. The third-order valence-electron chi connectivity index (χ3n) is 2.08. The molecule has 0 saturated heterocycles. The second-order valence-electron chi connectivity index (χ2n) is 8.18. The van der Waals surface area contributed by atoms with Crippen LogP contribution in [0.3, 0.4) is 0 Å². The molecule has 0 nitrogen and oxygen atoms in total. The van der Waals surface area contributed by atoms with Gasteiger partial charge in [0.1, 0.15) is 0 Å². The molecule has 0 aliphatic carbocycles. The van der Waals surface area contributed by atoms with Crippen LogP contribution in [0.1, 0.15) is 62.3 Å². The summed E-state index contributed by atoms with van der Waals surface area (Å²) in [4.78, 5) is 0. The van der Waals surface area contributed by atoms with Crippen LogP contribution in [0.15, 0.2) is 0 Å². The molecule has 0 heterocycles. The predicted octanol–water partition coefficient (Wildman–Crippen LogP) is 3.74. The van der Waals surface area contributed by atoms with Crippen molar-refractivity contribution in [1.29, 1.82) is 0 Å². The largest absolute Gasteiger partial charge is 0.0752 e. The van der Waals surface area contributed by atoms with Gasteiger partial charge in [0.05, 0.1) is 21.5 Å². The molecule has 0 aromatic carbocycles. The van der Waals surface area contributed by atoms with E-state index in [1.807, 2.05) is 0 Å². The molecule has 0 aromatic rings. The van der Waals surface area contributed by atoms with E-state index in [1.165, 1.54) is 0 Å². The first-order valence-corrected chi connectivity index (χ1v) is 6.37. The van der Waals surface area contributed by atoms with E-state index in [9.17, 15) is 0 Å². The molecule has 4 heteroatoms. The van der Waals surface area contributed by atoms with Gasteiger partial charge in [-0.1, -0.05) is 78.3 Å². The quantitative estimate of drug-likeness (QED) is 0.628. The molecule has 0 atom stereocenters. The molecule has 0 aliphatic heterocycles. The van der Waals surface area contributed by atoms with E-state index in [0.717, 1.165) is 0 Å². The average Bonchev–Trinajstić information content (AvgIpc) is 1.70. The van der Waals surface area contributed by atoms with E-state index in [0.29, 0.717) is 6.39 Å². The fourth-order valence-electron chi connectivity index (χ4n) is 1.88. The zero-order valence-electron chi connectivity index (χ0n) is 12.8. The Morgan fingerprint density at radius 3 is 0.812 bits per heavy atom. The molecule has 16 heavy (non-hydrogen) atoms. The lowest BCUT2D eigenvalue weighted by molar-refractivity contribution is 0.754. The summed E-state index contributed by atoms with van der Waals surface area (Å²) in [5.74, 6) is 0. The minimum Gasteiger partial charge on any atom is -0.0752 e. The Balaban J connectivity index is 4.53. The van der Waals surface area contributed by atoms with E-state index < -0.39 is 0 Å². The van der Waals surface area contributed by atoms with Crippen molar-refractivity contribution in [2.75, 3.05) is 0 Å². The van der Waals surface area contributed by atoms with Crippen LogP contribution in [0.4, 0.5) is 0 Å². The van der Waals surface area contributed by atoms with Crippen LogP contribution in [0.5, 0.6) is 0 Å². The van der Waals surface area contributed by atoms with Gasteiger partial charge < -0.3 is 0 Å². The highest BCUT2D eigenvalue weighted by molar-refractivity contribution is 7.61. The van der Waals surface area contributed by atoms with Crippen molar-refractivity contribution >= 4 is 27.9 Å². The third kappa shape index (κ3) is 10.8. The Kier molecular flexibility index (Phi) is 5.36. The molecule has 3 radical (unpaired) electrons. The molecule has 0 bridgehead atoms. The Morgan fingerprint density at radius 1 is 0.500 bits per heavy atom. The molecule has 0 amide bonds. The summed E-state index contributed by atoms with van der Waals surface area (Å²) in [6.45, 7) is 20.4. The van der Waals surface area contributed by atoms with Gasteiger partial charge in [-0.05, 0) is 0 Å². The topological polar surface area (TPSA) is 0 Å². The van der Waals surface area contributed by atoms with Gasteiger partial charge in [-0.2, -0.15) is 0 Å². The molecule has 0 rings (SSSR count). The predicted molar refractivity (Wildman–Crippen MR) is 82.2 cm³/mol. The van der Waals surface area contributed by atoms with Gasteiger partial charge >= 0.3 is 0 Å². The minimum atomic E-state index is 0.272. The first kappa shape index (κ1) is 16.3. The smallest absolute Gasteiger partial charge is 0.0636 e. The van der Waals surface area contributed by atoms with Crippen LogP contribution in [0.2, 0.25) is 15.9 Å². The summed E-state index contributed by atoms with van der Waals surface area (Å²) in [5.41, 5.74) is 0. The van der Waals surface area contributed by atoms with Gasteiger partial charge in [-0.25, -0.2) is 0 Å². The van der Waals surface area contributed by atoms with E-state index in [1.54, 1.807) is 0 Å². The van der Waals surface area contributed by atoms with Crippen molar-refractivity contribution < 1.29 is 0 Å². The fraction of sp³-hybridized carbons (Fsp3) is 1.00. The maximum absolute atomic E-state index is 2.45. The van der Waals surface area contributed by atoms with Gasteiger partial charge in [0.25, 0.3) is 0 Å². The van der Waals surface area contributed by atoms with E-state index in [4.69, 9.17) is 0 Å². The van der Waals surface area contributed by atoms with Crippen molar-refractivity contribution in [2.45, 2.75) is 78.3 Å². The lowest BCUT2D eigenvalue weighted by Gasteiger charge is -2.31. The van der Waals surface area contributed by atoms with E-state index in [-0.39, 0.29) is 15.9 Å². The maximum atomic E-state index is 2.45. The van der Waals surface area contributed by atoms with Crippen LogP contribution < -0.4 is 0 Å². The van der Waals surface area contributed by atoms with Crippen LogP contribution in [0.25, 0.3) is 0 Å². The Morgan fingerprint density at radius 2 is 0.688 bits per heavy atom. The SMILES string of the molecule is CC(C)(C)[B]B([B]C(C)(C)C)[B]C(C)(C)C. The first-order valence-electron chi connectivity index (χ1n) is 6.37. The van der Waals surface area contributed by atoms with E-state index >= 15 is 0 Å². The minimum absolute atomic E-state index is 0.272. The summed E-state index contributed by atoms with van der Waals surface area (Å²) in [6.07, 6.45) is 0.486. The molecule has 0 saturated carbocycles. The zero-order valence-corrected chi connectivity index (χ0v) is 12.8. The highest BCUT2D eigenvalue weighted by Gasteiger charge is 2.31. The Labute approximate surface area is 106 Å². The monoisotopic (exact) mass is 215 g/mol. The second kappa shape index (κ2) is 5.27. The van der Waals surface area contributed by atoms with Crippen molar-refractivity contribution in [3.63, 3.8) is 0 Å². The van der Waals surface area contributed by atoms with Crippen LogP contribution in [0, 0.1) is 0 Å². The van der Waals surface area contributed by atoms with Crippen LogP contribution in [-0.4, -0.2) is 27.9 Å². The molecule has 0 fully saturated rings. The van der Waals surface area contributed by atoms with Crippen molar-refractivity contribution in [3.8, 4) is 0 Å². The molecule has 0 aromatic heterocycles. The fourth-order valence-corrected chi connectivity index (χ4v) is 1.88. The molecule has 0 spiro atoms. The second-order valence-corrected chi connectivity index (χ2v) is 8.18. The Hall–Kier alpha value is 0.260. The molecule has 0 aliphatic rings. The summed E-state index contributed by atoms with van der Waals surface area (Å²) in [5, 5.41) is 0.816. The zero-order chi connectivity index (χ0) is 13.2. The van der Waals surface area contributed by atoms with Gasteiger partial charge in [-0.15, -0.1) is 0 Å². The normalized spacial score (nSPS) is 13.3. The summed E-state index contributed by atoms with van der Waals surface area (Å²) < 4.78 is 0. The summed E-state index contributed by atoms with van der Waals surface area (Å²) in [6, 6.07) is 0. The first-order chi connectivity index (χ1) is 6.79. The lowest BCUT2D eigenvalue weighted by atomic mass is 8.84. The number of hydrogen-bond acceptors (Lipinski definition) is 0. The highest BCUT2D eigenvalue weighted by Crippen LogP contribution is 2.29. The third-order valence-corrected chi connectivity index (χ3v) is 2.08. The van der Waals surface area contributed by atoms with Gasteiger partial charge in [0, 0.05) is 6.39 Å². The van der Waals surface area contributed by atoms with Crippen LogP contribution >= 0.6 is 0 Å². The van der Waals surface area contributed by atoms with Crippen LogP contribution in [-0.2, 0) is 0 Å². The Bertz CT molecular complexity index is 166.